The van der Waals surface area contributed by atoms with Crippen LogP contribution in [0.15, 0.2) is 65.9 Å². The fourth-order valence-corrected chi connectivity index (χ4v) is 3.00. The van der Waals surface area contributed by atoms with Gasteiger partial charge in [0.05, 0.1) is 18.3 Å². The number of aromatic nitrogens is 2. The number of halogens is 2. The Morgan fingerprint density at radius 1 is 1.21 bits per heavy atom. The Kier molecular flexibility index (Phi) is 8.63. The highest BCUT2D eigenvalue weighted by Crippen LogP contribution is 2.17. The van der Waals surface area contributed by atoms with Crippen molar-refractivity contribution in [3.63, 3.8) is 0 Å². The third-order valence-electron chi connectivity index (χ3n) is 4.51. The second kappa shape index (κ2) is 10.9. The molecule has 0 aliphatic carbocycles. The van der Waals surface area contributed by atoms with Gasteiger partial charge in [0.2, 0.25) is 0 Å². The summed E-state index contributed by atoms with van der Waals surface area (Å²) in [6, 6.07) is 15.5. The van der Waals surface area contributed by atoms with Crippen LogP contribution in [0.5, 0.6) is 0 Å². The molecular weight excluding hydrogens is 480 g/mol. The van der Waals surface area contributed by atoms with Crippen molar-refractivity contribution in [1.82, 2.24) is 20.2 Å². The van der Waals surface area contributed by atoms with Crippen molar-refractivity contribution in [3.05, 3.63) is 83.7 Å². The smallest absolute Gasteiger partial charge is 0.192 e. The van der Waals surface area contributed by atoms with Crippen molar-refractivity contribution >= 4 is 29.9 Å². The molecule has 0 spiro atoms. The zero-order chi connectivity index (χ0) is 19.9. The Hall–Kier alpha value is -2.42. The zero-order valence-electron chi connectivity index (χ0n) is 16.9. The van der Waals surface area contributed by atoms with Gasteiger partial charge in [-0.3, -0.25) is 0 Å². The topological polar surface area (TPSA) is 54.2 Å². The Labute approximate surface area is 188 Å². The van der Waals surface area contributed by atoms with Gasteiger partial charge in [0.25, 0.3) is 0 Å². The fourth-order valence-electron chi connectivity index (χ4n) is 3.00. The maximum Gasteiger partial charge on any atom is 0.192 e. The molecule has 0 radical (unpaired) electrons. The summed E-state index contributed by atoms with van der Waals surface area (Å²) in [7, 11) is 0. The lowest BCUT2D eigenvalue weighted by Gasteiger charge is -2.18. The molecule has 1 heterocycles. The molecule has 2 aromatic carbocycles. The molecular formula is C22H27FIN5. The van der Waals surface area contributed by atoms with Crippen LogP contribution >= 0.6 is 24.0 Å². The van der Waals surface area contributed by atoms with Crippen molar-refractivity contribution in [1.29, 1.82) is 0 Å². The first-order valence-corrected chi connectivity index (χ1v) is 9.47. The third kappa shape index (κ3) is 6.03. The van der Waals surface area contributed by atoms with Gasteiger partial charge in [0, 0.05) is 18.9 Å². The highest BCUT2D eigenvalue weighted by atomic mass is 127. The van der Waals surface area contributed by atoms with Crippen LogP contribution in [0, 0.1) is 12.7 Å². The number of hydrogen-bond acceptors (Lipinski definition) is 2. The van der Waals surface area contributed by atoms with E-state index in [1.165, 1.54) is 11.6 Å². The minimum atomic E-state index is -0.288. The first-order valence-electron chi connectivity index (χ1n) is 9.47. The number of rotatable bonds is 6. The Bertz CT molecular complexity index is 939. The second-order valence-corrected chi connectivity index (χ2v) is 6.60. The molecule has 0 aliphatic heterocycles. The summed E-state index contributed by atoms with van der Waals surface area (Å²) in [6.07, 6.45) is 3.42. The number of nitrogens with one attached hydrogen (secondary N) is 2. The van der Waals surface area contributed by atoms with Gasteiger partial charge in [0.1, 0.15) is 11.6 Å². The van der Waals surface area contributed by atoms with Crippen LogP contribution in [-0.4, -0.2) is 22.1 Å². The van der Waals surface area contributed by atoms with E-state index in [9.17, 15) is 4.39 Å². The van der Waals surface area contributed by atoms with Crippen LogP contribution in [0.1, 0.15) is 36.8 Å². The minimum Gasteiger partial charge on any atom is -0.357 e. The lowest BCUT2D eigenvalue weighted by Crippen LogP contribution is -2.38. The fraction of sp³-hybridized carbons (Fsp3) is 0.273. The SMILES string of the molecule is CCNC(=NCc1ccc(-n2ccnc2C)c(F)c1)NC(C)c1ccccc1.I. The van der Waals surface area contributed by atoms with Crippen LogP contribution in [0.3, 0.4) is 0 Å². The highest BCUT2D eigenvalue weighted by Gasteiger charge is 2.09. The van der Waals surface area contributed by atoms with Crippen LogP contribution in [0.2, 0.25) is 0 Å². The number of imidazole rings is 1. The third-order valence-corrected chi connectivity index (χ3v) is 4.51. The summed E-state index contributed by atoms with van der Waals surface area (Å²) in [6.45, 7) is 7.09. The van der Waals surface area contributed by atoms with E-state index in [0.29, 0.717) is 18.2 Å². The molecule has 5 nitrogen and oxygen atoms in total. The predicted octanol–water partition coefficient (Wildman–Crippen LogP) is 4.75. The van der Waals surface area contributed by atoms with Crippen molar-refractivity contribution in [2.45, 2.75) is 33.4 Å². The minimum absolute atomic E-state index is 0. The van der Waals surface area contributed by atoms with E-state index < -0.39 is 0 Å². The molecule has 3 rings (SSSR count). The maximum absolute atomic E-state index is 14.6. The van der Waals surface area contributed by atoms with E-state index in [1.54, 1.807) is 23.0 Å². The van der Waals surface area contributed by atoms with E-state index in [-0.39, 0.29) is 35.8 Å². The molecule has 1 atom stereocenters. The first-order chi connectivity index (χ1) is 13.6. The molecule has 3 aromatic rings. The molecule has 0 aliphatic rings. The number of aryl methyl sites for hydroxylation is 1. The summed E-state index contributed by atoms with van der Waals surface area (Å²) >= 11 is 0. The van der Waals surface area contributed by atoms with Crippen LogP contribution < -0.4 is 10.6 Å². The van der Waals surface area contributed by atoms with Crippen LogP contribution in [0.25, 0.3) is 5.69 Å². The van der Waals surface area contributed by atoms with Crippen LogP contribution in [0.4, 0.5) is 4.39 Å². The van der Waals surface area contributed by atoms with E-state index >= 15 is 0 Å². The molecule has 7 heteroatoms. The monoisotopic (exact) mass is 507 g/mol. The van der Waals surface area contributed by atoms with E-state index in [1.807, 2.05) is 38.1 Å². The lowest BCUT2D eigenvalue weighted by atomic mass is 10.1. The molecule has 0 bridgehead atoms. The van der Waals surface area contributed by atoms with E-state index in [4.69, 9.17) is 0 Å². The van der Waals surface area contributed by atoms with Gasteiger partial charge in [-0.05, 0) is 44.0 Å². The molecule has 0 saturated heterocycles. The van der Waals surface area contributed by atoms with Crippen molar-refractivity contribution in [3.8, 4) is 5.69 Å². The van der Waals surface area contributed by atoms with Gasteiger partial charge in [0.15, 0.2) is 5.96 Å². The molecule has 2 N–H and O–H groups in total. The summed E-state index contributed by atoms with van der Waals surface area (Å²) < 4.78 is 16.3. The Morgan fingerprint density at radius 3 is 2.59 bits per heavy atom. The average Bonchev–Trinajstić information content (AvgIpc) is 3.12. The van der Waals surface area contributed by atoms with E-state index in [2.05, 4.69) is 39.7 Å². The van der Waals surface area contributed by atoms with Gasteiger partial charge in [-0.2, -0.15) is 0 Å². The molecule has 1 unspecified atom stereocenters. The van der Waals surface area contributed by atoms with Crippen LogP contribution in [-0.2, 0) is 6.54 Å². The summed E-state index contributed by atoms with van der Waals surface area (Å²) in [5, 5.41) is 6.64. The van der Waals surface area contributed by atoms with Gasteiger partial charge < -0.3 is 15.2 Å². The predicted molar refractivity (Wildman–Crippen MR) is 126 cm³/mol. The van der Waals surface area contributed by atoms with Crippen molar-refractivity contribution < 1.29 is 4.39 Å². The Morgan fingerprint density at radius 2 is 1.97 bits per heavy atom. The number of benzene rings is 2. The molecule has 0 amide bonds. The number of aliphatic imine (C=N–C) groups is 1. The quantitative estimate of drug-likeness (QED) is 0.288. The van der Waals surface area contributed by atoms with Gasteiger partial charge in [-0.25, -0.2) is 14.4 Å². The zero-order valence-corrected chi connectivity index (χ0v) is 19.2. The number of guanidine groups is 1. The largest absolute Gasteiger partial charge is 0.357 e. The van der Waals surface area contributed by atoms with Crippen molar-refractivity contribution in [2.24, 2.45) is 4.99 Å². The second-order valence-electron chi connectivity index (χ2n) is 6.60. The normalized spacial score (nSPS) is 12.2. The molecule has 0 saturated carbocycles. The average molecular weight is 507 g/mol. The summed E-state index contributed by atoms with van der Waals surface area (Å²) in [5.74, 6) is 1.16. The standard InChI is InChI=1S/C22H26FN5.HI/c1-4-24-22(27-16(2)19-8-6-5-7-9-19)26-15-18-10-11-21(20(23)14-18)28-13-12-25-17(28)3;/h5-14,16H,4,15H2,1-3H3,(H2,24,26,27);1H. The van der Waals surface area contributed by atoms with Gasteiger partial charge in [-0.15, -0.1) is 24.0 Å². The lowest BCUT2D eigenvalue weighted by molar-refractivity contribution is 0.614. The number of hydrogen-bond donors (Lipinski definition) is 2. The summed E-state index contributed by atoms with van der Waals surface area (Å²) in [5.41, 5.74) is 2.48. The molecule has 1 aromatic heterocycles. The highest BCUT2D eigenvalue weighted by molar-refractivity contribution is 14.0. The molecule has 0 fully saturated rings. The molecule has 154 valence electrons. The maximum atomic E-state index is 14.6. The van der Waals surface area contributed by atoms with Crippen molar-refractivity contribution in [2.75, 3.05) is 6.54 Å². The first kappa shape index (κ1) is 22.9. The number of nitrogens with zero attached hydrogens (tertiary/aromatic N) is 3. The van der Waals surface area contributed by atoms with Gasteiger partial charge >= 0.3 is 0 Å². The van der Waals surface area contributed by atoms with E-state index in [0.717, 1.165) is 17.9 Å². The summed E-state index contributed by atoms with van der Waals surface area (Å²) in [4.78, 5) is 8.76. The van der Waals surface area contributed by atoms with Gasteiger partial charge in [-0.1, -0.05) is 36.4 Å². The molecule has 29 heavy (non-hydrogen) atoms. The Balaban J connectivity index is 0.00000300.